The fourth-order valence-corrected chi connectivity index (χ4v) is 2.96. The predicted octanol–water partition coefficient (Wildman–Crippen LogP) is 5.49. The van der Waals surface area contributed by atoms with Crippen LogP contribution in [-0.2, 0) is 6.18 Å². The minimum absolute atomic E-state index is 0.0144. The zero-order valence-electron chi connectivity index (χ0n) is 9.91. The SMILES string of the molecule is N#Cc1cc(C(F)(F)F)ccc1Sc1ccccc1Br. The first-order chi connectivity index (χ1) is 9.41. The number of hydrogen-bond donors (Lipinski definition) is 0. The molecule has 0 heterocycles. The van der Waals surface area contributed by atoms with Gasteiger partial charge >= 0.3 is 6.18 Å². The van der Waals surface area contributed by atoms with Crippen molar-refractivity contribution in [3.8, 4) is 6.07 Å². The first kappa shape index (κ1) is 14.9. The Morgan fingerprint density at radius 1 is 1.05 bits per heavy atom. The molecule has 20 heavy (non-hydrogen) atoms. The molecule has 1 nitrogen and oxygen atoms in total. The molecule has 0 aliphatic heterocycles. The van der Waals surface area contributed by atoms with Crippen LogP contribution in [0.5, 0.6) is 0 Å². The first-order valence-corrected chi connectivity index (χ1v) is 7.06. The van der Waals surface area contributed by atoms with Gasteiger partial charge in [0.15, 0.2) is 0 Å². The summed E-state index contributed by atoms with van der Waals surface area (Å²) in [5.74, 6) is 0. The van der Waals surface area contributed by atoms with Gasteiger partial charge in [-0.1, -0.05) is 23.9 Å². The summed E-state index contributed by atoms with van der Waals surface area (Å²) in [7, 11) is 0. The highest BCUT2D eigenvalue weighted by Crippen LogP contribution is 2.37. The summed E-state index contributed by atoms with van der Waals surface area (Å²) in [6.45, 7) is 0. The Labute approximate surface area is 126 Å². The van der Waals surface area contributed by atoms with E-state index in [1.54, 1.807) is 0 Å². The maximum Gasteiger partial charge on any atom is 0.416 e. The molecule has 2 rings (SSSR count). The molecule has 6 heteroatoms. The smallest absolute Gasteiger partial charge is 0.192 e. The van der Waals surface area contributed by atoms with Crippen LogP contribution in [0.2, 0.25) is 0 Å². The van der Waals surface area contributed by atoms with E-state index in [1.165, 1.54) is 17.8 Å². The molecule has 0 aliphatic rings. The number of alkyl halides is 3. The van der Waals surface area contributed by atoms with Gasteiger partial charge in [0.05, 0.1) is 11.1 Å². The van der Waals surface area contributed by atoms with Crippen LogP contribution in [0.1, 0.15) is 11.1 Å². The van der Waals surface area contributed by atoms with Gasteiger partial charge in [0.1, 0.15) is 6.07 Å². The van der Waals surface area contributed by atoms with Gasteiger partial charge in [-0.15, -0.1) is 0 Å². The van der Waals surface area contributed by atoms with Gasteiger partial charge in [-0.25, -0.2) is 0 Å². The lowest BCUT2D eigenvalue weighted by atomic mass is 10.1. The fraction of sp³-hybridized carbons (Fsp3) is 0.0714. The van der Waals surface area contributed by atoms with E-state index < -0.39 is 11.7 Å². The van der Waals surface area contributed by atoms with E-state index in [9.17, 15) is 13.2 Å². The molecule has 0 aromatic heterocycles. The summed E-state index contributed by atoms with van der Waals surface area (Å²) in [4.78, 5) is 1.33. The second-order valence-electron chi connectivity index (χ2n) is 3.85. The van der Waals surface area contributed by atoms with Crippen molar-refractivity contribution in [3.05, 3.63) is 58.1 Å². The highest BCUT2D eigenvalue weighted by atomic mass is 79.9. The van der Waals surface area contributed by atoms with Crippen LogP contribution in [0.25, 0.3) is 0 Å². The molecular formula is C14H7BrF3NS. The Morgan fingerprint density at radius 3 is 2.35 bits per heavy atom. The third-order valence-electron chi connectivity index (χ3n) is 2.48. The number of halogens is 4. The highest BCUT2D eigenvalue weighted by molar-refractivity contribution is 9.10. The molecule has 0 saturated carbocycles. The molecule has 0 N–H and O–H groups in total. The van der Waals surface area contributed by atoms with Crippen molar-refractivity contribution in [2.45, 2.75) is 16.0 Å². The monoisotopic (exact) mass is 357 g/mol. The van der Waals surface area contributed by atoms with E-state index >= 15 is 0 Å². The largest absolute Gasteiger partial charge is 0.416 e. The van der Waals surface area contributed by atoms with Crippen LogP contribution < -0.4 is 0 Å². The van der Waals surface area contributed by atoms with Gasteiger partial charge < -0.3 is 0 Å². The number of benzene rings is 2. The average Bonchev–Trinajstić information content (AvgIpc) is 2.40. The maximum atomic E-state index is 12.6. The van der Waals surface area contributed by atoms with Crippen LogP contribution in [0.15, 0.2) is 56.7 Å². The van der Waals surface area contributed by atoms with Gasteiger partial charge in [0.2, 0.25) is 0 Å². The van der Waals surface area contributed by atoms with Crippen LogP contribution in [0.4, 0.5) is 13.2 Å². The lowest BCUT2D eigenvalue weighted by molar-refractivity contribution is -0.137. The molecule has 0 saturated heterocycles. The van der Waals surface area contributed by atoms with Gasteiger partial charge in [-0.05, 0) is 46.3 Å². The average molecular weight is 358 g/mol. The Balaban J connectivity index is 2.39. The Bertz CT molecular complexity index is 677. The maximum absolute atomic E-state index is 12.6. The first-order valence-electron chi connectivity index (χ1n) is 5.45. The third kappa shape index (κ3) is 3.35. The number of hydrogen-bond acceptors (Lipinski definition) is 2. The quantitative estimate of drug-likeness (QED) is 0.709. The van der Waals surface area contributed by atoms with Gasteiger partial charge in [0, 0.05) is 14.3 Å². The second kappa shape index (κ2) is 5.90. The molecular weight excluding hydrogens is 351 g/mol. The van der Waals surface area contributed by atoms with E-state index in [1.807, 2.05) is 30.3 Å². The van der Waals surface area contributed by atoms with Crippen molar-refractivity contribution >= 4 is 27.7 Å². The summed E-state index contributed by atoms with van der Waals surface area (Å²) in [5, 5.41) is 9.01. The zero-order chi connectivity index (χ0) is 14.8. The summed E-state index contributed by atoms with van der Waals surface area (Å²) < 4.78 is 38.6. The lowest BCUT2D eigenvalue weighted by Gasteiger charge is -2.10. The molecule has 0 bridgehead atoms. The minimum atomic E-state index is -4.44. The van der Waals surface area contributed by atoms with E-state index in [-0.39, 0.29) is 5.56 Å². The van der Waals surface area contributed by atoms with Crippen molar-refractivity contribution in [2.75, 3.05) is 0 Å². The van der Waals surface area contributed by atoms with E-state index in [2.05, 4.69) is 15.9 Å². The molecule has 0 radical (unpaired) electrons. The van der Waals surface area contributed by atoms with Gasteiger partial charge in [0.25, 0.3) is 0 Å². The van der Waals surface area contributed by atoms with E-state index in [0.717, 1.165) is 21.5 Å². The molecule has 0 amide bonds. The molecule has 102 valence electrons. The van der Waals surface area contributed by atoms with Crippen molar-refractivity contribution in [2.24, 2.45) is 0 Å². The molecule has 0 atom stereocenters. The number of rotatable bonds is 2. The predicted molar refractivity (Wildman–Crippen MR) is 74.4 cm³/mol. The summed E-state index contributed by atoms with van der Waals surface area (Å²) >= 11 is 4.61. The van der Waals surface area contributed by atoms with Crippen LogP contribution in [-0.4, -0.2) is 0 Å². The highest BCUT2D eigenvalue weighted by Gasteiger charge is 2.31. The Morgan fingerprint density at radius 2 is 1.75 bits per heavy atom. The summed E-state index contributed by atoms with van der Waals surface area (Å²) in [5.41, 5.74) is -0.800. The Hall–Kier alpha value is -1.45. The van der Waals surface area contributed by atoms with Crippen LogP contribution >= 0.6 is 27.7 Å². The van der Waals surface area contributed by atoms with E-state index in [0.29, 0.717) is 4.90 Å². The molecule has 0 aliphatic carbocycles. The third-order valence-corrected chi connectivity index (χ3v) is 4.59. The number of nitrogens with zero attached hydrogens (tertiary/aromatic N) is 1. The van der Waals surface area contributed by atoms with Crippen molar-refractivity contribution < 1.29 is 13.2 Å². The molecule has 0 spiro atoms. The standard InChI is InChI=1S/C14H7BrF3NS/c15-11-3-1-2-4-13(11)20-12-6-5-10(14(16,17)18)7-9(12)8-19/h1-7H. The molecule has 0 unspecified atom stereocenters. The summed E-state index contributed by atoms with van der Waals surface area (Å²) in [6.07, 6.45) is -4.44. The van der Waals surface area contributed by atoms with Crippen LogP contribution in [0, 0.1) is 11.3 Å². The molecule has 0 fully saturated rings. The fourth-order valence-electron chi connectivity index (χ4n) is 1.53. The van der Waals surface area contributed by atoms with Gasteiger partial charge in [-0.3, -0.25) is 0 Å². The topological polar surface area (TPSA) is 23.8 Å². The van der Waals surface area contributed by atoms with Crippen LogP contribution in [0.3, 0.4) is 0 Å². The normalized spacial score (nSPS) is 11.2. The summed E-state index contributed by atoms with van der Waals surface area (Å²) in [6, 6.07) is 12.3. The molecule has 2 aromatic carbocycles. The van der Waals surface area contributed by atoms with Gasteiger partial charge in [-0.2, -0.15) is 18.4 Å². The minimum Gasteiger partial charge on any atom is -0.192 e. The second-order valence-corrected chi connectivity index (χ2v) is 5.79. The molecule has 2 aromatic rings. The lowest BCUT2D eigenvalue weighted by Crippen LogP contribution is -2.05. The zero-order valence-corrected chi connectivity index (χ0v) is 12.3. The van der Waals surface area contributed by atoms with Crippen molar-refractivity contribution in [1.29, 1.82) is 5.26 Å². The van der Waals surface area contributed by atoms with Crippen molar-refractivity contribution in [1.82, 2.24) is 0 Å². The Kier molecular flexibility index (Phi) is 4.41. The van der Waals surface area contributed by atoms with E-state index in [4.69, 9.17) is 5.26 Å². The number of nitriles is 1. The van der Waals surface area contributed by atoms with Crippen molar-refractivity contribution in [3.63, 3.8) is 0 Å².